The third-order valence-corrected chi connectivity index (χ3v) is 4.80. The number of likely N-dealkylation sites (N-methyl/N-ethyl adjacent to an activating group) is 1. The van der Waals surface area contributed by atoms with Crippen LogP contribution in [0.4, 0.5) is 0 Å². The highest BCUT2D eigenvalue weighted by Crippen LogP contribution is 2.14. The average Bonchev–Trinajstić information content (AvgIpc) is 3.09. The number of hydrogen-bond acceptors (Lipinski definition) is 5. The molecule has 2 N–H and O–H groups in total. The lowest BCUT2D eigenvalue weighted by atomic mass is 10.2. The lowest BCUT2D eigenvalue weighted by Crippen LogP contribution is -2.38. The van der Waals surface area contributed by atoms with Crippen LogP contribution in [0.25, 0.3) is 0 Å². The van der Waals surface area contributed by atoms with Crippen LogP contribution in [0.3, 0.4) is 0 Å². The number of aromatic nitrogens is 1. The number of amides is 1. The van der Waals surface area contributed by atoms with E-state index >= 15 is 0 Å². The number of nitrogens with zero attached hydrogens (tertiary/aromatic N) is 3. The Balaban J connectivity index is 1.88. The Morgan fingerprint density at radius 1 is 1.32 bits per heavy atom. The van der Waals surface area contributed by atoms with Gasteiger partial charge in [0.2, 0.25) is 0 Å². The highest BCUT2D eigenvalue weighted by molar-refractivity contribution is 7.11. The number of rotatable bonds is 9. The van der Waals surface area contributed by atoms with Crippen LogP contribution < -0.4 is 15.4 Å². The van der Waals surface area contributed by atoms with Crippen molar-refractivity contribution in [2.75, 3.05) is 33.8 Å². The average molecular weight is 404 g/mol. The van der Waals surface area contributed by atoms with Gasteiger partial charge in [0, 0.05) is 44.7 Å². The zero-order valence-electron chi connectivity index (χ0n) is 17.0. The number of carbonyl (C=O) groups excluding carboxylic acids is 1. The fraction of sp³-hybridized carbons (Fsp3) is 0.450. The van der Waals surface area contributed by atoms with E-state index in [0.717, 1.165) is 36.0 Å². The molecular weight excluding hydrogens is 374 g/mol. The molecule has 0 bridgehead atoms. The molecule has 0 saturated heterocycles. The standard InChI is InChI=1S/C20H29N5O2S/c1-5-21-20(22-10-9-18-23-12-15(2)28-18)24-13-16-7-6-8-17(11-16)27-14-19(26)25(3)4/h6-8,11-12H,5,9-10,13-14H2,1-4H3,(H2,21,22,24). The fourth-order valence-corrected chi connectivity index (χ4v) is 3.11. The Morgan fingerprint density at radius 3 is 2.82 bits per heavy atom. The van der Waals surface area contributed by atoms with Crippen LogP contribution in [0.1, 0.15) is 22.4 Å². The summed E-state index contributed by atoms with van der Waals surface area (Å²) in [4.78, 5) is 23.4. The molecule has 0 atom stereocenters. The van der Waals surface area contributed by atoms with Crippen LogP contribution in [0, 0.1) is 6.92 Å². The number of nitrogens with one attached hydrogen (secondary N) is 2. The first-order chi connectivity index (χ1) is 13.5. The molecule has 2 aromatic rings. The number of carbonyl (C=O) groups is 1. The van der Waals surface area contributed by atoms with Gasteiger partial charge in [0.25, 0.3) is 5.91 Å². The second kappa shape index (κ2) is 11.3. The van der Waals surface area contributed by atoms with Crippen LogP contribution in [-0.4, -0.2) is 55.5 Å². The number of aliphatic imine (C=N–C) groups is 1. The minimum absolute atomic E-state index is 0.0279. The first kappa shape index (κ1) is 21.7. The zero-order valence-corrected chi connectivity index (χ0v) is 17.8. The van der Waals surface area contributed by atoms with Gasteiger partial charge in [-0.05, 0) is 31.5 Å². The van der Waals surface area contributed by atoms with Crippen LogP contribution in [0.5, 0.6) is 5.75 Å². The first-order valence-electron chi connectivity index (χ1n) is 9.33. The molecule has 0 aliphatic carbocycles. The van der Waals surface area contributed by atoms with Gasteiger partial charge in [0.15, 0.2) is 12.6 Å². The van der Waals surface area contributed by atoms with E-state index in [1.807, 2.05) is 37.4 Å². The van der Waals surface area contributed by atoms with Crippen molar-refractivity contribution in [2.24, 2.45) is 4.99 Å². The molecule has 0 aliphatic heterocycles. The van der Waals surface area contributed by atoms with E-state index in [-0.39, 0.29) is 12.5 Å². The highest BCUT2D eigenvalue weighted by atomic mass is 32.1. The summed E-state index contributed by atoms with van der Waals surface area (Å²) in [7, 11) is 3.42. The van der Waals surface area contributed by atoms with Crippen molar-refractivity contribution in [3.05, 3.63) is 45.9 Å². The minimum Gasteiger partial charge on any atom is -0.484 e. The lowest BCUT2D eigenvalue weighted by Gasteiger charge is -2.12. The molecular formula is C20H29N5O2S. The number of thiazole rings is 1. The van der Waals surface area contributed by atoms with Gasteiger partial charge in [-0.1, -0.05) is 12.1 Å². The molecule has 152 valence electrons. The number of benzene rings is 1. The molecule has 1 amide bonds. The van der Waals surface area contributed by atoms with Gasteiger partial charge in [0.05, 0.1) is 11.6 Å². The normalized spacial score (nSPS) is 11.2. The van der Waals surface area contributed by atoms with Crippen LogP contribution >= 0.6 is 11.3 Å². The zero-order chi connectivity index (χ0) is 20.4. The van der Waals surface area contributed by atoms with Gasteiger partial charge in [-0.2, -0.15) is 0 Å². The van der Waals surface area contributed by atoms with Gasteiger partial charge in [-0.15, -0.1) is 11.3 Å². The van der Waals surface area contributed by atoms with Crippen molar-refractivity contribution < 1.29 is 9.53 Å². The lowest BCUT2D eigenvalue weighted by molar-refractivity contribution is -0.130. The Kier molecular flexibility index (Phi) is 8.74. The summed E-state index contributed by atoms with van der Waals surface area (Å²) in [5.41, 5.74) is 1.02. The van der Waals surface area contributed by atoms with E-state index < -0.39 is 0 Å². The summed E-state index contributed by atoms with van der Waals surface area (Å²) in [6, 6.07) is 7.65. The molecule has 1 aromatic carbocycles. The molecule has 2 rings (SSSR count). The molecule has 28 heavy (non-hydrogen) atoms. The maximum absolute atomic E-state index is 11.7. The van der Waals surface area contributed by atoms with Gasteiger partial charge < -0.3 is 20.3 Å². The van der Waals surface area contributed by atoms with Crippen molar-refractivity contribution in [3.63, 3.8) is 0 Å². The number of aryl methyl sites for hydroxylation is 1. The third-order valence-electron chi connectivity index (χ3n) is 3.82. The van der Waals surface area contributed by atoms with E-state index in [0.29, 0.717) is 12.3 Å². The van der Waals surface area contributed by atoms with E-state index in [2.05, 4.69) is 27.5 Å². The smallest absolute Gasteiger partial charge is 0.259 e. The van der Waals surface area contributed by atoms with Crippen LogP contribution in [0.15, 0.2) is 35.5 Å². The molecule has 0 radical (unpaired) electrons. The predicted octanol–water partition coefficient (Wildman–Crippen LogP) is 2.22. The van der Waals surface area contributed by atoms with Crippen LogP contribution in [0.2, 0.25) is 0 Å². The molecule has 7 nitrogen and oxygen atoms in total. The third kappa shape index (κ3) is 7.56. The summed E-state index contributed by atoms with van der Waals surface area (Å²) in [6.07, 6.45) is 2.77. The van der Waals surface area contributed by atoms with Gasteiger partial charge in [-0.3, -0.25) is 4.79 Å². The van der Waals surface area contributed by atoms with Crippen molar-refractivity contribution >= 4 is 23.2 Å². The van der Waals surface area contributed by atoms with Gasteiger partial charge in [0.1, 0.15) is 5.75 Å². The predicted molar refractivity (Wildman–Crippen MR) is 114 cm³/mol. The summed E-state index contributed by atoms with van der Waals surface area (Å²) >= 11 is 1.72. The van der Waals surface area contributed by atoms with Crippen molar-refractivity contribution in [1.29, 1.82) is 0 Å². The fourth-order valence-electron chi connectivity index (χ4n) is 2.32. The number of guanidine groups is 1. The second-order valence-corrected chi connectivity index (χ2v) is 7.78. The SMILES string of the molecule is CCNC(=NCc1cccc(OCC(=O)N(C)C)c1)NCCc1ncc(C)s1. The topological polar surface area (TPSA) is 78.9 Å². The molecule has 0 saturated carbocycles. The van der Waals surface area contributed by atoms with E-state index in [1.165, 1.54) is 9.78 Å². The summed E-state index contributed by atoms with van der Waals surface area (Å²) < 4.78 is 5.56. The quantitative estimate of drug-likeness (QED) is 0.496. The maximum atomic E-state index is 11.7. The van der Waals surface area contributed by atoms with Crippen molar-refractivity contribution in [3.8, 4) is 5.75 Å². The molecule has 1 heterocycles. The Labute approximate surface area is 170 Å². The summed E-state index contributed by atoms with van der Waals surface area (Å²) in [5, 5.41) is 7.72. The van der Waals surface area contributed by atoms with E-state index in [1.54, 1.807) is 25.4 Å². The molecule has 0 spiro atoms. The monoisotopic (exact) mass is 403 g/mol. The Morgan fingerprint density at radius 2 is 2.14 bits per heavy atom. The summed E-state index contributed by atoms with van der Waals surface area (Å²) in [6.45, 7) is 6.21. The summed E-state index contributed by atoms with van der Waals surface area (Å²) in [5.74, 6) is 1.36. The molecule has 8 heteroatoms. The van der Waals surface area contributed by atoms with Crippen LogP contribution in [-0.2, 0) is 17.8 Å². The second-order valence-electron chi connectivity index (χ2n) is 6.46. The largest absolute Gasteiger partial charge is 0.484 e. The van der Waals surface area contributed by atoms with Gasteiger partial charge in [-0.25, -0.2) is 9.98 Å². The Bertz CT molecular complexity index is 788. The highest BCUT2D eigenvalue weighted by Gasteiger charge is 2.06. The van der Waals surface area contributed by atoms with E-state index in [4.69, 9.17) is 4.74 Å². The Hall–Kier alpha value is -2.61. The number of hydrogen-bond donors (Lipinski definition) is 2. The molecule has 0 fully saturated rings. The van der Waals surface area contributed by atoms with Crippen molar-refractivity contribution in [2.45, 2.75) is 26.8 Å². The number of ether oxygens (including phenoxy) is 1. The van der Waals surface area contributed by atoms with Gasteiger partial charge >= 0.3 is 0 Å². The molecule has 1 aromatic heterocycles. The maximum Gasteiger partial charge on any atom is 0.259 e. The molecule has 0 aliphatic rings. The molecule has 0 unspecified atom stereocenters. The van der Waals surface area contributed by atoms with Crippen molar-refractivity contribution in [1.82, 2.24) is 20.5 Å². The minimum atomic E-state index is -0.0718. The first-order valence-corrected chi connectivity index (χ1v) is 10.1. The van der Waals surface area contributed by atoms with E-state index in [9.17, 15) is 4.79 Å².